The van der Waals surface area contributed by atoms with E-state index in [1.54, 1.807) is 22.8 Å². The summed E-state index contributed by atoms with van der Waals surface area (Å²) in [6.07, 6.45) is 0. The first-order chi connectivity index (χ1) is 16.1. The number of fused-ring (bicyclic) bond motifs is 1. The summed E-state index contributed by atoms with van der Waals surface area (Å²) in [7, 11) is 0. The Balaban J connectivity index is 1.48. The molecule has 164 valence electrons. The van der Waals surface area contributed by atoms with Crippen molar-refractivity contribution in [1.29, 1.82) is 0 Å². The normalized spacial score (nSPS) is 11.2. The largest absolute Gasteiger partial charge is 0.338 e. The minimum atomic E-state index is -0.134. The zero-order valence-corrected chi connectivity index (χ0v) is 19.4. The number of thioether (sulfide) groups is 1. The van der Waals surface area contributed by atoms with Gasteiger partial charge in [0.05, 0.1) is 28.2 Å². The van der Waals surface area contributed by atoms with E-state index in [-0.39, 0.29) is 5.56 Å². The van der Waals surface area contributed by atoms with Crippen molar-refractivity contribution in [2.45, 2.75) is 17.5 Å². The molecule has 3 aromatic carbocycles. The molecule has 0 fully saturated rings. The van der Waals surface area contributed by atoms with E-state index in [2.05, 4.69) is 10.1 Å². The lowest BCUT2D eigenvalue weighted by molar-refractivity contribution is 0.391. The van der Waals surface area contributed by atoms with E-state index >= 15 is 0 Å². The first-order valence-corrected chi connectivity index (χ1v) is 11.8. The van der Waals surface area contributed by atoms with Gasteiger partial charge < -0.3 is 4.52 Å². The van der Waals surface area contributed by atoms with Crippen molar-refractivity contribution in [2.75, 3.05) is 0 Å². The van der Waals surface area contributed by atoms with Crippen LogP contribution in [0.5, 0.6) is 0 Å². The van der Waals surface area contributed by atoms with Crippen molar-refractivity contribution in [2.24, 2.45) is 0 Å². The van der Waals surface area contributed by atoms with Crippen molar-refractivity contribution in [1.82, 2.24) is 19.7 Å². The molecule has 33 heavy (non-hydrogen) atoms. The molecule has 0 unspecified atom stereocenters. The molecule has 0 radical (unpaired) electrons. The molecule has 0 aliphatic carbocycles. The number of rotatable bonds is 6. The third-order valence-electron chi connectivity index (χ3n) is 5.02. The minimum Gasteiger partial charge on any atom is -0.338 e. The Kier molecular flexibility index (Phi) is 6.17. The molecular weight excluding hydrogens is 479 g/mol. The number of hydrogen-bond donors (Lipinski definition) is 0. The second kappa shape index (κ2) is 9.39. The standard InChI is InChI=1S/C24H16Cl2N4O2S/c25-18-10-4-1-7-15(18)13-30-23(31)17-9-3-6-12-20(17)27-24(30)33-14-21-28-22(29-32-21)16-8-2-5-11-19(16)26/h1-12H,13-14H2. The van der Waals surface area contributed by atoms with E-state index in [1.807, 2.05) is 54.6 Å². The third kappa shape index (κ3) is 4.53. The fraction of sp³-hybridized carbons (Fsp3) is 0.0833. The first-order valence-electron chi connectivity index (χ1n) is 10.0. The summed E-state index contributed by atoms with van der Waals surface area (Å²) in [5.41, 5.74) is 2.02. The van der Waals surface area contributed by atoms with Gasteiger partial charge in [0.15, 0.2) is 5.16 Å². The van der Waals surface area contributed by atoms with Gasteiger partial charge in [-0.1, -0.05) is 82.6 Å². The molecular formula is C24H16Cl2N4O2S. The molecule has 2 aromatic heterocycles. The highest BCUT2D eigenvalue weighted by atomic mass is 35.5. The van der Waals surface area contributed by atoms with Crippen molar-refractivity contribution < 1.29 is 4.52 Å². The van der Waals surface area contributed by atoms with Crippen molar-refractivity contribution in [3.63, 3.8) is 0 Å². The topological polar surface area (TPSA) is 73.8 Å². The summed E-state index contributed by atoms with van der Waals surface area (Å²) in [4.78, 5) is 22.5. The van der Waals surface area contributed by atoms with Crippen LogP contribution >= 0.6 is 35.0 Å². The maximum absolute atomic E-state index is 13.3. The van der Waals surface area contributed by atoms with E-state index < -0.39 is 0 Å². The molecule has 0 saturated heterocycles. The van der Waals surface area contributed by atoms with E-state index in [0.29, 0.717) is 55.7 Å². The molecule has 0 amide bonds. The Morgan fingerprint density at radius 2 is 1.61 bits per heavy atom. The predicted molar refractivity (Wildman–Crippen MR) is 131 cm³/mol. The summed E-state index contributed by atoms with van der Waals surface area (Å²) in [6.45, 7) is 0.299. The van der Waals surface area contributed by atoms with Crippen molar-refractivity contribution in [3.8, 4) is 11.4 Å². The quantitative estimate of drug-likeness (QED) is 0.210. The lowest BCUT2D eigenvalue weighted by atomic mass is 10.2. The van der Waals surface area contributed by atoms with Gasteiger partial charge in [-0.25, -0.2) is 4.98 Å². The van der Waals surface area contributed by atoms with Crippen LogP contribution in [0.15, 0.2) is 87.3 Å². The van der Waals surface area contributed by atoms with E-state index in [9.17, 15) is 4.79 Å². The van der Waals surface area contributed by atoms with E-state index in [1.165, 1.54) is 11.8 Å². The molecule has 6 nitrogen and oxygen atoms in total. The van der Waals surface area contributed by atoms with Gasteiger partial charge in [-0.3, -0.25) is 9.36 Å². The average molecular weight is 495 g/mol. The predicted octanol–water partition coefficient (Wildman–Crippen LogP) is 6.09. The number of benzene rings is 3. The maximum atomic E-state index is 13.3. The first kappa shape index (κ1) is 21.7. The molecule has 0 atom stereocenters. The minimum absolute atomic E-state index is 0.134. The molecule has 0 aliphatic heterocycles. The lowest BCUT2D eigenvalue weighted by Crippen LogP contribution is -2.24. The third-order valence-corrected chi connectivity index (χ3v) is 6.68. The summed E-state index contributed by atoms with van der Waals surface area (Å²) in [5, 5.41) is 6.26. The fourth-order valence-corrected chi connectivity index (χ4v) is 4.64. The van der Waals surface area contributed by atoms with Gasteiger partial charge in [0.1, 0.15) is 0 Å². The van der Waals surface area contributed by atoms with Crippen LogP contribution in [0.4, 0.5) is 0 Å². The fourth-order valence-electron chi connectivity index (χ4n) is 3.39. The number of halogens is 2. The molecule has 5 rings (SSSR count). The molecule has 9 heteroatoms. The van der Waals surface area contributed by atoms with Gasteiger partial charge in [-0.2, -0.15) is 4.98 Å². The van der Waals surface area contributed by atoms with Crippen LogP contribution in [0.3, 0.4) is 0 Å². The molecule has 0 spiro atoms. The van der Waals surface area contributed by atoms with Gasteiger partial charge in [-0.15, -0.1) is 0 Å². The number of hydrogen-bond acceptors (Lipinski definition) is 6. The Hall–Kier alpha value is -3.13. The summed E-state index contributed by atoms with van der Waals surface area (Å²) < 4.78 is 7.04. The second-order valence-corrected chi connectivity index (χ2v) is 8.93. The van der Waals surface area contributed by atoms with Gasteiger partial charge in [0.25, 0.3) is 5.56 Å². The van der Waals surface area contributed by atoms with Crippen LogP contribution in [0, 0.1) is 0 Å². The number of aromatic nitrogens is 4. The zero-order chi connectivity index (χ0) is 22.8. The lowest BCUT2D eigenvalue weighted by Gasteiger charge is -2.13. The second-order valence-electron chi connectivity index (χ2n) is 7.17. The molecule has 0 bridgehead atoms. The Bertz CT molecular complexity index is 1520. The zero-order valence-electron chi connectivity index (χ0n) is 17.1. The highest BCUT2D eigenvalue weighted by Gasteiger charge is 2.16. The molecule has 0 saturated carbocycles. The van der Waals surface area contributed by atoms with E-state index in [0.717, 1.165) is 5.56 Å². The van der Waals surface area contributed by atoms with Crippen LogP contribution in [-0.4, -0.2) is 19.7 Å². The smallest absolute Gasteiger partial charge is 0.262 e. The average Bonchev–Trinajstić information content (AvgIpc) is 3.30. The van der Waals surface area contributed by atoms with Gasteiger partial charge in [0.2, 0.25) is 11.7 Å². The Labute approximate surface area is 203 Å². The van der Waals surface area contributed by atoms with Gasteiger partial charge in [-0.05, 0) is 35.9 Å². The molecule has 0 aliphatic rings. The molecule has 2 heterocycles. The highest BCUT2D eigenvalue weighted by Crippen LogP contribution is 2.27. The van der Waals surface area contributed by atoms with Gasteiger partial charge >= 0.3 is 0 Å². The molecule has 0 N–H and O–H groups in total. The molecule has 5 aromatic rings. The SMILES string of the molecule is O=c1c2ccccc2nc(SCc2nc(-c3ccccc3Cl)no2)n1Cc1ccccc1Cl. The number of nitrogens with zero attached hydrogens (tertiary/aromatic N) is 4. The van der Waals surface area contributed by atoms with Crippen LogP contribution in [0.25, 0.3) is 22.3 Å². The summed E-state index contributed by atoms with van der Waals surface area (Å²) in [6, 6.07) is 22.0. The van der Waals surface area contributed by atoms with Crippen LogP contribution in [-0.2, 0) is 12.3 Å². The van der Waals surface area contributed by atoms with Crippen LogP contribution in [0.1, 0.15) is 11.5 Å². The summed E-state index contributed by atoms with van der Waals surface area (Å²) in [5.74, 6) is 1.16. The van der Waals surface area contributed by atoms with Gasteiger partial charge in [0, 0.05) is 10.6 Å². The van der Waals surface area contributed by atoms with E-state index in [4.69, 9.17) is 32.7 Å². The Morgan fingerprint density at radius 1 is 0.879 bits per heavy atom. The van der Waals surface area contributed by atoms with Crippen molar-refractivity contribution in [3.05, 3.63) is 105 Å². The van der Waals surface area contributed by atoms with Crippen LogP contribution in [0.2, 0.25) is 10.0 Å². The van der Waals surface area contributed by atoms with Crippen LogP contribution < -0.4 is 5.56 Å². The van der Waals surface area contributed by atoms with Crippen molar-refractivity contribution >= 4 is 45.9 Å². The number of para-hydroxylation sites is 1. The summed E-state index contributed by atoms with van der Waals surface area (Å²) >= 11 is 13.9. The maximum Gasteiger partial charge on any atom is 0.262 e. The Morgan fingerprint density at radius 3 is 2.42 bits per heavy atom. The monoisotopic (exact) mass is 494 g/mol. The highest BCUT2D eigenvalue weighted by molar-refractivity contribution is 7.98.